The fourth-order valence-electron chi connectivity index (χ4n) is 2.36. The van der Waals surface area contributed by atoms with Crippen LogP contribution < -0.4 is 9.64 Å². The van der Waals surface area contributed by atoms with Crippen LogP contribution in [-0.4, -0.2) is 12.6 Å². The lowest BCUT2D eigenvalue weighted by molar-refractivity contribution is 0.194. The Hall–Kier alpha value is -1.96. The lowest BCUT2D eigenvalue weighted by Crippen LogP contribution is -2.36. The van der Waals surface area contributed by atoms with Gasteiger partial charge in [0.15, 0.2) is 0 Å². The van der Waals surface area contributed by atoms with Crippen molar-refractivity contribution in [1.29, 1.82) is 0 Å². The summed E-state index contributed by atoms with van der Waals surface area (Å²) in [6.07, 6.45) is 1.29. The SMILES string of the molecule is CCC1CN(c2ccccc2)c2ccccc2O1. The van der Waals surface area contributed by atoms with Crippen LogP contribution >= 0.6 is 0 Å². The first kappa shape index (κ1) is 11.1. The molecule has 2 nitrogen and oxygen atoms in total. The first-order valence-corrected chi connectivity index (χ1v) is 6.46. The fraction of sp³-hybridized carbons (Fsp3) is 0.250. The number of benzene rings is 2. The summed E-state index contributed by atoms with van der Waals surface area (Å²) in [5.74, 6) is 0.986. The monoisotopic (exact) mass is 239 g/mol. The first-order valence-electron chi connectivity index (χ1n) is 6.46. The Labute approximate surface area is 108 Å². The van der Waals surface area contributed by atoms with Crippen LogP contribution in [0.15, 0.2) is 54.6 Å². The van der Waals surface area contributed by atoms with Gasteiger partial charge in [-0.1, -0.05) is 37.3 Å². The van der Waals surface area contributed by atoms with Crippen molar-refractivity contribution in [2.24, 2.45) is 0 Å². The number of nitrogens with zero attached hydrogens (tertiary/aromatic N) is 1. The number of fused-ring (bicyclic) bond motifs is 1. The van der Waals surface area contributed by atoms with Crippen LogP contribution in [0.1, 0.15) is 13.3 Å². The van der Waals surface area contributed by atoms with Crippen LogP contribution in [0.4, 0.5) is 11.4 Å². The molecule has 0 bridgehead atoms. The highest BCUT2D eigenvalue weighted by Gasteiger charge is 2.24. The van der Waals surface area contributed by atoms with Crippen LogP contribution in [0.3, 0.4) is 0 Å². The quantitative estimate of drug-likeness (QED) is 0.785. The number of para-hydroxylation sites is 3. The van der Waals surface area contributed by atoms with Gasteiger partial charge in [0.2, 0.25) is 0 Å². The summed E-state index contributed by atoms with van der Waals surface area (Å²) in [6.45, 7) is 3.08. The van der Waals surface area contributed by atoms with Crippen LogP contribution in [0.25, 0.3) is 0 Å². The van der Waals surface area contributed by atoms with Crippen molar-refractivity contribution >= 4 is 11.4 Å². The number of anilines is 2. The van der Waals surface area contributed by atoms with Gasteiger partial charge >= 0.3 is 0 Å². The standard InChI is InChI=1S/C16H17NO/c1-2-14-12-17(13-8-4-3-5-9-13)15-10-6-7-11-16(15)18-14/h3-11,14H,2,12H2,1H3. The van der Waals surface area contributed by atoms with Crippen molar-refractivity contribution in [3.05, 3.63) is 54.6 Å². The molecule has 0 aliphatic carbocycles. The van der Waals surface area contributed by atoms with E-state index in [0.29, 0.717) is 0 Å². The third-order valence-electron chi connectivity index (χ3n) is 3.36. The fourth-order valence-corrected chi connectivity index (χ4v) is 2.36. The molecule has 0 spiro atoms. The van der Waals surface area contributed by atoms with E-state index >= 15 is 0 Å². The average Bonchev–Trinajstić information content (AvgIpc) is 2.47. The minimum absolute atomic E-state index is 0.264. The van der Waals surface area contributed by atoms with Crippen LogP contribution in [0.2, 0.25) is 0 Å². The first-order chi connectivity index (χ1) is 8.88. The number of hydrogen-bond acceptors (Lipinski definition) is 2. The normalized spacial score (nSPS) is 18.1. The molecule has 1 aliphatic heterocycles. The molecule has 0 aromatic heterocycles. The van der Waals surface area contributed by atoms with Gasteiger partial charge in [-0.3, -0.25) is 0 Å². The molecule has 0 radical (unpaired) electrons. The molecule has 0 saturated carbocycles. The summed E-state index contributed by atoms with van der Waals surface area (Å²) >= 11 is 0. The summed E-state index contributed by atoms with van der Waals surface area (Å²) < 4.78 is 5.99. The van der Waals surface area contributed by atoms with Crippen molar-refractivity contribution in [1.82, 2.24) is 0 Å². The van der Waals surface area contributed by atoms with E-state index in [0.717, 1.165) is 24.4 Å². The molecule has 1 atom stereocenters. The Bertz CT molecular complexity index is 524. The molecule has 0 amide bonds. The van der Waals surface area contributed by atoms with Gasteiger partial charge in [0.1, 0.15) is 11.9 Å². The van der Waals surface area contributed by atoms with E-state index in [-0.39, 0.29) is 6.10 Å². The molecular formula is C16H17NO. The van der Waals surface area contributed by atoms with Crippen molar-refractivity contribution in [3.8, 4) is 5.75 Å². The van der Waals surface area contributed by atoms with Crippen molar-refractivity contribution in [2.75, 3.05) is 11.4 Å². The number of rotatable bonds is 2. The zero-order valence-corrected chi connectivity index (χ0v) is 10.5. The summed E-state index contributed by atoms with van der Waals surface area (Å²) in [6, 6.07) is 18.8. The Balaban J connectivity index is 2.04. The highest BCUT2D eigenvalue weighted by atomic mass is 16.5. The van der Waals surface area contributed by atoms with Crippen molar-refractivity contribution in [3.63, 3.8) is 0 Å². The minimum Gasteiger partial charge on any atom is -0.486 e. The Morgan fingerprint density at radius 1 is 1.06 bits per heavy atom. The molecule has 0 fully saturated rings. The summed E-state index contributed by atoms with van der Waals surface area (Å²) in [4.78, 5) is 2.34. The predicted octanol–water partition coefficient (Wildman–Crippen LogP) is 4.00. The lowest BCUT2D eigenvalue weighted by Gasteiger charge is -2.36. The highest BCUT2D eigenvalue weighted by Crippen LogP contribution is 2.38. The predicted molar refractivity (Wildman–Crippen MR) is 74.6 cm³/mol. The second kappa shape index (κ2) is 4.73. The van der Waals surface area contributed by atoms with Gasteiger partial charge in [-0.25, -0.2) is 0 Å². The van der Waals surface area contributed by atoms with Gasteiger partial charge in [-0.05, 0) is 30.7 Å². The van der Waals surface area contributed by atoms with Gasteiger partial charge in [-0.15, -0.1) is 0 Å². The van der Waals surface area contributed by atoms with E-state index in [4.69, 9.17) is 4.74 Å². The Morgan fingerprint density at radius 2 is 1.78 bits per heavy atom. The second-order valence-corrected chi connectivity index (χ2v) is 4.56. The number of hydrogen-bond donors (Lipinski definition) is 0. The van der Waals surface area contributed by atoms with Gasteiger partial charge in [0.05, 0.1) is 12.2 Å². The molecular weight excluding hydrogens is 222 g/mol. The summed E-state index contributed by atoms with van der Waals surface area (Å²) in [5, 5.41) is 0. The number of ether oxygens (including phenoxy) is 1. The zero-order valence-electron chi connectivity index (χ0n) is 10.5. The summed E-state index contributed by atoms with van der Waals surface area (Å²) in [5.41, 5.74) is 2.39. The van der Waals surface area contributed by atoms with E-state index in [2.05, 4.69) is 48.2 Å². The molecule has 2 aromatic carbocycles. The second-order valence-electron chi connectivity index (χ2n) is 4.56. The zero-order chi connectivity index (χ0) is 12.4. The van der Waals surface area contributed by atoms with E-state index in [1.807, 2.05) is 18.2 Å². The van der Waals surface area contributed by atoms with E-state index in [9.17, 15) is 0 Å². The maximum Gasteiger partial charge on any atom is 0.143 e. The van der Waals surface area contributed by atoms with Gasteiger partial charge in [0, 0.05) is 5.69 Å². The van der Waals surface area contributed by atoms with Crippen LogP contribution in [-0.2, 0) is 0 Å². The van der Waals surface area contributed by atoms with Crippen LogP contribution in [0, 0.1) is 0 Å². The smallest absolute Gasteiger partial charge is 0.143 e. The molecule has 1 unspecified atom stereocenters. The third kappa shape index (κ3) is 1.94. The molecule has 2 heteroatoms. The van der Waals surface area contributed by atoms with Crippen molar-refractivity contribution < 1.29 is 4.74 Å². The molecule has 3 rings (SSSR count). The van der Waals surface area contributed by atoms with Crippen molar-refractivity contribution in [2.45, 2.75) is 19.4 Å². The molecule has 18 heavy (non-hydrogen) atoms. The molecule has 1 heterocycles. The third-order valence-corrected chi connectivity index (χ3v) is 3.36. The maximum absolute atomic E-state index is 5.99. The van der Waals surface area contributed by atoms with E-state index < -0.39 is 0 Å². The maximum atomic E-state index is 5.99. The van der Waals surface area contributed by atoms with Gasteiger partial charge in [0.25, 0.3) is 0 Å². The minimum atomic E-state index is 0.264. The lowest BCUT2D eigenvalue weighted by atomic mass is 10.1. The molecule has 1 aliphatic rings. The largest absolute Gasteiger partial charge is 0.486 e. The molecule has 0 N–H and O–H groups in total. The molecule has 2 aromatic rings. The topological polar surface area (TPSA) is 12.5 Å². The van der Waals surface area contributed by atoms with Gasteiger partial charge in [-0.2, -0.15) is 0 Å². The van der Waals surface area contributed by atoms with Crippen LogP contribution in [0.5, 0.6) is 5.75 Å². The Morgan fingerprint density at radius 3 is 2.56 bits per heavy atom. The Kier molecular flexibility index (Phi) is 2.93. The average molecular weight is 239 g/mol. The molecule has 0 saturated heterocycles. The molecule has 92 valence electrons. The van der Waals surface area contributed by atoms with E-state index in [1.165, 1.54) is 5.69 Å². The highest BCUT2D eigenvalue weighted by molar-refractivity contribution is 5.70. The van der Waals surface area contributed by atoms with E-state index in [1.54, 1.807) is 0 Å². The summed E-state index contributed by atoms with van der Waals surface area (Å²) in [7, 11) is 0. The van der Waals surface area contributed by atoms with Gasteiger partial charge < -0.3 is 9.64 Å².